The predicted molar refractivity (Wildman–Crippen MR) is 116 cm³/mol. The standard InChI is InChI=1S/C22H18FN5O3S/c23-16-8-18-17(7-14(16)11-2-1-3-12(6-11)20(25)30)28-22(32-18)15(9-24)21(31)26-10-19(29)27-13-4-5-13/h1-3,6-8,13,15H,4-5,10H2,(H2,25,30)(H,26,31)(H,27,29). The van der Waals surface area contributed by atoms with Gasteiger partial charge in [0.2, 0.25) is 17.7 Å². The molecule has 1 heterocycles. The number of fused-ring (bicyclic) bond motifs is 1. The van der Waals surface area contributed by atoms with Crippen molar-refractivity contribution < 1.29 is 18.8 Å². The van der Waals surface area contributed by atoms with Gasteiger partial charge >= 0.3 is 0 Å². The number of nitrogens with zero attached hydrogens (tertiary/aromatic N) is 2. The van der Waals surface area contributed by atoms with Crippen LogP contribution in [-0.2, 0) is 9.59 Å². The minimum atomic E-state index is -1.23. The van der Waals surface area contributed by atoms with Crippen LogP contribution in [0.15, 0.2) is 36.4 Å². The highest BCUT2D eigenvalue weighted by Gasteiger charge is 2.27. The maximum atomic E-state index is 14.8. The lowest BCUT2D eigenvalue weighted by molar-refractivity contribution is -0.126. The van der Waals surface area contributed by atoms with E-state index in [9.17, 15) is 24.0 Å². The minimum absolute atomic E-state index is 0.170. The van der Waals surface area contributed by atoms with Gasteiger partial charge in [-0.2, -0.15) is 5.26 Å². The first-order valence-electron chi connectivity index (χ1n) is 9.82. The molecule has 32 heavy (non-hydrogen) atoms. The first-order chi connectivity index (χ1) is 15.4. The summed E-state index contributed by atoms with van der Waals surface area (Å²) in [4.78, 5) is 40.0. The lowest BCUT2D eigenvalue weighted by Crippen LogP contribution is -2.39. The van der Waals surface area contributed by atoms with Crippen molar-refractivity contribution in [1.29, 1.82) is 5.26 Å². The first-order valence-corrected chi connectivity index (χ1v) is 10.6. The van der Waals surface area contributed by atoms with Crippen LogP contribution in [0.5, 0.6) is 0 Å². The molecule has 1 aliphatic carbocycles. The molecule has 8 nitrogen and oxygen atoms in total. The van der Waals surface area contributed by atoms with E-state index < -0.39 is 23.5 Å². The van der Waals surface area contributed by atoms with Crippen molar-refractivity contribution in [2.24, 2.45) is 5.73 Å². The summed E-state index contributed by atoms with van der Waals surface area (Å²) in [6.07, 6.45) is 1.86. The molecule has 2 aromatic carbocycles. The Kier molecular flexibility index (Phi) is 5.83. The SMILES string of the molecule is N#CC(C(=O)NCC(=O)NC1CC1)c1nc2cc(-c3cccc(C(N)=O)c3)c(F)cc2s1. The summed E-state index contributed by atoms with van der Waals surface area (Å²) < 4.78 is 15.2. The number of nitrogens with one attached hydrogen (secondary N) is 2. The molecule has 1 aliphatic rings. The van der Waals surface area contributed by atoms with Crippen LogP contribution in [0.3, 0.4) is 0 Å². The lowest BCUT2D eigenvalue weighted by atomic mass is 10.0. The maximum Gasteiger partial charge on any atom is 0.248 e. The number of thiazole rings is 1. The zero-order valence-corrected chi connectivity index (χ0v) is 17.5. The summed E-state index contributed by atoms with van der Waals surface area (Å²) in [5, 5.41) is 14.9. The van der Waals surface area contributed by atoms with Gasteiger partial charge in [-0.1, -0.05) is 12.1 Å². The summed E-state index contributed by atoms with van der Waals surface area (Å²) in [5.74, 6) is -3.35. The Labute approximate surface area is 186 Å². The van der Waals surface area contributed by atoms with E-state index in [1.54, 1.807) is 12.1 Å². The van der Waals surface area contributed by atoms with Crippen molar-refractivity contribution in [3.05, 3.63) is 52.8 Å². The van der Waals surface area contributed by atoms with Crippen LogP contribution in [0, 0.1) is 17.1 Å². The number of benzene rings is 2. The van der Waals surface area contributed by atoms with E-state index in [0.29, 0.717) is 15.8 Å². The van der Waals surface area contributed by atoms with Crippen LogP contribution in [0.2, 0.25) is 0 Å². The van der Waals surface area contributed by atoms with E-state index in [0.717, 1.165) is 24.2 Å². The third kappa shape index (κ3) is 4.58. The average molecular weight is 451 g/mol. The second-order valence-corrected chi connectivity index (χ2v) is 8.48. The monoisotopic (exact) mass is 451 g/mol. The van der Waals surface area contributed by atoms with E-state index in [4.69, 9.17) is 5.73 Å². The van der Waals surface area contributed by atoms with Gasteiger partial charge in [0.05, 0.1) is 22.8 Å². The van der Waals surface area contributed by atoms with Gasteiger partial charge in [0.15, 0.2) is 5.92 Å². The molecule has 3 amide bonds. The van der Waals surface area contributed by atoms with Crippen molar-refractivity contribution in [1.82, 2.24) is 15.6 Å². The number of primary amides is 1. The summed E-state index contributed by atoms with van der Waals surface area (Å²) in [6.45, 7) is -0.229. The van der Waals surface area contributed by atoms with Crippen molar-refractivity contribution in [3.63, 3.8) is 0 Å². The Morgan fingerprint density at radius 3 is 2.75 bits per heavy atom. The molecule has 0 spiro atoms. The van der Waals surface area contributed by atoms with Crippen LogP contribution in [-0.4, -0.2) is 35.3 Å². The third-order valence-electron chi connectivity index (χ3n) is 4.96. The smallest absolute Gasteiger partial charge is 0.248 e. The molecular weight excluding hydrogens is 433 g/mol. The molecule has 0 aliphatic heterocycles. The van der Waals surface area contributed by atoms with Gasteiger partial charge < -0.3 is 16.4 Å². The van der Waals surface area contributed by atoms with E-state index in [2.05, 4.69) is 15.6 Å². The first kappa shape index (κ1) is 21.4. The number of nitrogens with two attached hydrogens (primary N) is 1. The van der Waals surface area contributed by atoms with Crippen LogP contribution >= 0.6 is 11.3 Å². The molecule has 4 N–H and O–H groups in total. The largest absolute Gasteiger partial charge is 0.366 e. The second kappa shape index (κ2) is 8.72. The second-order valence-electron chi connectivity index (χ2n) is 7.42. The van der Waals surface area contributed by atoms with Crippen LogP contribution in [0.1, 0.15) is 34.1 Å². The molecule has 0 radical (unpaired) electrons. The molecule has 4 rings (SSSR count). The van der Waals surface area contributed by atoms with E-state index in [-0.39, 0.29) is 34.6 Å². The number of nitriles is 1. The van der Waals surface area contributed by atoms with Crippen molar-refractivity contribution in [2.45, 2.75) is 24.8 Å². The number of aromatic nitrogens is 1. The molecule has 1 unspecified atom stereocenters. The van der Waals surface area contributed by atoms with Crippen LogP contribution < -0.4 is 16.4 Å². The Morgan fingerprint density at radius 1 is 1.28 bits per heavy atom. The number of carbonyl (C=O) groups excluding carboxylic acids is 3. The minimum Gasteiger partial charge on any atom is -0.366 e. The van der Waals surface area contributed by atoms with E-state index in [1.165, 1.54) is 24.3 Å². The molecule has 1 saturated carbocycles. The van der Waals surface area contributed by atoms with Crippen molar-refractivity contribution in [2.75, 3.05) is 6.54 Å². The van der Waals surface area contributed by atoms with Gasteiger partial charge in [-0.05, 0) is 42.7 Å². The number of hydrogen-bond acceptors (Lipinski definition) is 6. The third-order valence-corrected chi connectivity index (χ3v) is 6.04. The normalized spacial score (nSPS) is 13.9. The fourth-order valence-corrected chi connectivity index (χ4v) is 4.17. The molecule has 0 saturated heterocycles. The van der Waals surface area contributed by atoms with Crippen LogP contribution in [0.4, 0.5) is 4.39 Å². The molecule has 1 atom stereocenters. The molecule has 162 valence electrons. The summed E-state index contributed by atoms with van der Waals surface area (Å²) in [7, 11) is 0. The zero-order valence-electron chi connectivity index (χ0n) is 16.7. The average Bonchev–Trinajstić information content (AvgIpc) is 3.49. The van der Waals surface area contributed by atoms with Gasteiger partial charge in [0, 0.05) is 17.2 Å². The molecule has 0 bridgehead atoms. The fraction of sp³-hybridized carbons (Fsp3) is 0.227. The highest BCUT2D eigenvalue weighted by molar-refractivity contribution is 7.18. The summed E-state index contributed by atoms with van der Waals surface area (Å²) >= 11 is 1.03. The molecule has 10 heteroatoms. The lowest BCUT2D eigenvalue weighted by Gasteiger charge is -2.08. The van der Waals surface area contributed by atoms with Crippen LogP contribution in [0.25, 0.3) is 21.3 Å². The van der Waals surface area contributed by atoms with Crippen molar-refractivity contribution >= 4 is 39.3 Å². The number of halogens is 1. The Bertz CT molecular complexity index is 1280. The highest BCUT2D eigenvalue weighted by atomic mass is 32.1. The number of rotatable bonds is 7. The van der Waals surface area contributed by atoms with E-state index >= 15 is 0 Å². The number of amides is 3. The Balaban J connectivity index is 1.57. The molecule has 1 fully saturated rings. The molecule has 3 aromatic rings. The van der Waals surface area contributed by atoms with E-state index in [1.807, 2.05) is 6.07 Å². The molecule has 1 aromatic heterocycles. The predicted octanol–water partition coefficient (Wildman–Crippen LogP) is 2.20. The van der Waals surface area contributed by atoms with Crippen molar-refractivity contribution in [3.8, 4) is 17.2 Å². The van der Waals surface area contributed by atoms with Gasteiger partial charge in [0.1, 0.15) is 10.8 Å². The number of carbonyl (C=O) groups is 3. The quantitative estimate of drug-likeness (QED) is 0.506. The molecular formula is C22H18FN5O3S. The maximum absolute atomic E-state index is 14.8. The zero-order chi connectivity index (χ0) is 22.8. The Hall–Kier alpha value is -3.84. The van der Waals surface area contributed by atoms with Gasteiger partial charge in [0.25, 0.3) is 0 Å². The summed E-state index contributed by atoms with van der Waals surface area (Å²) in [5.41, 5.74) is 6.62. The fourth-order valence-electron chi connectivity index (χ4n) is 3.15. The number of hydrogen-bond donors (Lipinski definition) is 3. The van der Waals surface area contributed by atoms with Gasteiger partial charge in [-0.25, -0.2) is 9.37 Å². The topological polar surface area (TPSA) is 138 Å². The highest BCUT2D eigenvalue weighted by Crippen LogP contribution is 2.33. The van der Waals surface area contributed by atoms with Gasteiger partial charge in [-0.15, -0.1) is 11.3 Å². The Morgan fingerprint density at radius 2 is 2.06 bits per heavy atom. The summed E-state index contributed by atoms with van der Waals surface area (Å²) in [6, 6.07) is 11.1. The van der Waals surface area contributed by atoms with Gasteiger partial charge in [-0.3, -0.25) is 14.4 Å².